The molecule has 0 fully saturated rings. The molecule has 0 aliphatic rings. The highest BCUT2D eigenvalue weighted by atomic mass is 15.1. The van der Waals surface area contributed by atoms with Gasteiger partial charge in [0, 0.05) is 37.1 Å². The minimum Gasteiger partial charge on any atom is -0.378 e. The van der Waals surface area contributed by atoms with E-state index in [4.69, 9.17) is 0 Å². The molecule has 0 amide bonds. The van der Waals surface area contributed by atoms with Gasteiger partial charge < -0.3 is 4.90 Å². The van der Waals surface area contributed by atoms with Crippen molar-refractivity contribution in [2.24, 2.45) is 0 Å². The number of fused-ring (bicyclic) bond motifs is 1. The van der Waals surface area contributed by atoms with Crippen molar-refractivity contribution >= 4 is 16.5 Å². The Labute approximate surface area is 84.2 Å². The number of anilines is 1. The summed E-state index contributed by atoms with van der Waals surface area (Å²) in [7, 11) is 4.10. The minimum atomic E-state index is 1.09. The van der Waals surface area contributed by atoms with Gasteiger partial charge in [-0.1, -0.05) is 6.07 Å². The van der Waals surface area contributed by atoms with Crippen molar-refractivity contribution < 1.29 is 0 Å². The number of aromatic nitrogens is 1. The molecule has 2 rings (SSSR count). The van der Waals surface area contributed by atoms with Gasteiger partial charge in [-0.2, -0.15) is 0 Å². The van der Waals surface area contributed by atoms with Gasteiger partial charge in [0.1, 0.15) is 0 Å². The van der Waals surface area contributed by atoms with Gasteiger partial charge >= 0.3 is 0 Å². The van der Waals surface area contributed by atoms with E-state index in [-0.39, 0.29) is 0 Å². The van der Waals surface area contributed by atoms with E-state index < -0.39 is 0 Å². The van der Waals surface area contributed by atoms with Gasteiger partial charge in [0.2, 0.25) is 0 Å². The SMILES string of the molecule is Cc1nccc2cc(N(C)C)ccc12. The van der Waals surface area contributed by atoms with Crippen molar-refractivity contribution in [1.82, 2.24) is 4.98 Å². The second kappa shape index (κ2) is 3.29. The van der Waals surface area contributed by atoms with Crippen LogP contribution < -0.4 is 4.90 Å². The lowest BCUT2D eigenvalue weighted by atomic mass is 10.1. The molecule has 2 heteroatoms. The Balaban J connectivity index is 2.67. The summed E-state index contributed by atoms with van der Waals surface area (Å²) >= 11 is 0. The van der Waals surface area contributed by atoms with Gasteiger partial charge in [0.05, 0.1) is 0 Å². The van der Waals surface area contributed by atoms with E-state index in [2.05, 4.69) is 48.2 Å². The van der Waals surface area contributed by atoms with E-state index in [1.165, 1.54) is 16.5 Å². The summed E-state index contributed by atoms with van der Waals surface area (Å²) < 4.78 is 0. The van der Waals surface area contributed by atoms with Crippen LogP contribution in [-0.4, -0.2) is 19.1 Å². The summed E-state index contributed by atoms with van der Waals surface area (Å²) in [6, 6.07) is 8.49. The van der Waals surface area contributed by atoms with E-state index in [1.807, 2.05) is 13.1 Å². The maximum Gasteiger partial charge on any atom is 0.0450 e. The first-order valence-electron chi connectivity index (χ1n) is 4.71. The highest BCUT2D eigenvalue weighted by molar-refractivity contribution is 5.87. The van der Waals surface area contributed by atoms with Crippen LogP contribution in [0.5, 0.6) is 0 Å². The smallest absolute Gasteiger partial charge is 0.0450 e. The average molecular weight is 186 g/mol. The van der Waals surface area contributed by atoms with Gasteiger partial charge in [-0.25, -0.2) is 0 Å². The first-order chi connectivity index (χ1) is 6.68. The van der Waals surface area contributed by atoms with Crippen LogP contribution in [0.15, 0.2) is 30.5 Å². The molecular weight excluding hydrogens is 172 g/mol. The van der Waals surface area contributed by atoms with Gasteiger partial charge in [0.15, 0.2) is 0 Å². The predicted molar refractivity (Wildman–Crippen MR) is 60.8 cm³/mol. The topological polar surface area (TPSA) is 16.1 Å². The molecule has 14 heavy (non-hydrogen) atoms. The van der Waals surface area contributed by atoms with Crippen LogP contribution in [0.4, 0.5) is 5.69 Å². The molecular formula is C12H14N2. The Morgan fingerprint density at radius 1 is 1.14 bits per heavy atom. The fraction of sp³-hybridized carbons (Fsp3) is 0.250. The minimum absolute atomic E-state index is 1.09. The van der Waals surface area contributed by atoms with Crippen LogP contribution in [0.3, 0.4) is 0 Å². The molecule has 1 aromatic heterocycles. The van der Waals surface area contributed by atoms with Crippen LogP contribution >= 0.6 is 0 Å². The molecule has 0 aliphatic carbocycles. The third-order valence-corrected chi connectivity index (χ3v) is 2.46. The van der Waals surface area contributed by atoms with E-state index in [0.29, 0.717) is 0 Å². The number of nitrogens with zero attached hydrogens (tertiary/aromatic N) is 2. The second-order valence-electron chi connectivity index (χ2n) is 3.70. The largest absolute Gasteiger partial charge is 0.378 e. The summed E-state index contributed by atoms with van der Waals surface area (Å²) in [6.45, 7) is 2.04. The molecule has 72 valence electrons. The predicted octanol–water partition coefficient (Wildman–Crippen LogP) is 2.61. The normalized spacial score (nSPS) is 10.5. The standard InChI is InChI=1S/C12H14N2/c1-9-12-5-4-11(14(2)3)8-10(12)6-7-13-9/h4-8H,1-3H3. The summed E-state index contributed by atoms with van der Waals surface area (Å²) in [5.41, 5.74) is 2.32. The lowest BCUT2D eigenvalue weighted by Crippen LogP contribution is -2.08. The molecule has 0 spiro atoms. The van der Waals surface area contributed by atoms with Crippen LogP contribution in [0.2, 0.25) is 0 Å². The number of hydrogen-bond acceptors (Lipinski definition) is 2. The number of aryl methyl sites for hydroxylation is 1. The van der Waals surface area contributed by atoms with Crippen molar-refractivity contribution in [2.45, 2.75) is 6.92 Å². The molecule has 0 N–H and O–H groups in total. The Morgan fingerprint density at radius 2 is 1.93 bits per heavy atom. The Kier molecular flexibility index (Phi) is 2.12. The highest BCUT2D eigenvalue weighted by Crippen LogP contribution is 2.21. The summed E-state index contributed by atoms with van der Waals surface area (Å²) in [4.78, 5) is 6.37. The fourth-order valence-corrected chi connectivity index (χ4v) is 1.59. The zero-order valence-electron chi connectivity index (χ0n) is 8.78. The van der Waals surface area contributed by atoms with E-state index >= 15 is 0 Å². The Morgan fingerprint density at radius 3 is 2.64 bits per heavy atom. The lowest BCUT2D eigenvalue weighted by molar-refractivity contribution is 1.13. The Hall–Kier alpha value is -1.57. The lowest BCUT2D eigenvalue weighted by Gasteiger charge is -2.13. The van der Waals surface area contributed by atoms with Crippen LogP contribution in [-0.2, 0) is 0 Å². The van der Waals surface area contributed by atoms with E-state index in [1.54, 1.807) is 0 Å². The molecule has 0 saturated carbocycles. The zero-order valence-corrected chi connectivity index (χ0v) is 8.78. The average Bonchev–Trinajstić information content (AvgIpc) is 2.17. The van der Waals surface area contributed by atoms with E-state index in [0.717, 1.165) is 5.69 Å². The van der Waals surface area contributed by atoms with Crippen molar-refractivity contribution in [3.63, 3.8) is 0 Å². The van der Waals surface area contributed by atoms with Gasteiger partial charge in [-0.05, 0) is 30.5 Å². The molecule has 0 bridgehead atoms. The molecule has 0 saturated heterocycles. The van der Waals surface area contributed by atoms with Crippen molar-refractivity contribution in [3.05, 3.63) is 36.2 Å². The fourth-order valence-electron chi connectivity index (χ4n) is 1.59. The summed E-state index contributed by atoms with van der Waals surface area (Å²) in [6.07, 6.45) is 1.86. The third-order valence-electron chi connectivity index (χ3n) is 2.46. The number of hydrogen-bond donors (Lipinski definition) is 0. The third kappa shape index (κ3) is 1.43. The molecule has 0 radical (unpaired) electrons. The molecule has 2 nitrogen and oxygen atoms in total. The van der Waals surface area contributed by atoms with Crippen LogP contribution in [0, 0.1) is 6.92 Å². The van der Waals surface area contributed by atoms with Crippen LogP contribution in [0.25, 0.3) is 10.8 Å². The molecule has 0 atom stereocenters. The molecule has 2 aromatic rings. The van der Waals surface area contributed by atoms with Crippen molar-refractivity contribution in [2.75, 3.05) is 19.0 Å². The first kappa shape index (κ1) is 9.00. The number of pyridine rings is 1. The first-order valence-corrected chi connectivity index (χ1v) is 4.71. The maximum atomic E-state index is 4.27. The maximum absolute atomic E-state index is 4.27. The quantitative estimate of drug-likeness (QED) is 0.680. The summed E-state index contributed by atoms with van der Waals surface area (Å²) in [5, 5.41) is 2.49. The molecule has 0 unspecified atom stereocenters. The van der Waals surface area contributed by atoms with Crippen molar-refractivity contribution in [3.8, 4) is 0 Å². The number of benzene rings is 1. The van der Waals surface area contributed by atoms with Crippen LogP contribution in [0.1, 0.15) is 5.69 Å². The molecule has 0 aliphatic heterocycles. The van der Waals surface area contributed by atoms with Gasteiger partial charge in [-0.3, -0.25) is 4.98 Å². The Bertz CT molecular complexity index is 461. The second-order valence-corrected chi connectivity index (χ2v) is 3.70. The zero-order chi connectivity index (χ0) is 10.1. The molecule has 1 heterocycles. The number of rotatable bonds is 1. The summed E-state index contributed by atoms with van der Waals surface area (Å²) in [5.74, 6) is 0. The van der Waals surface area contributed by atoms with Gasteiger partial charge in [0.25, 0.3) is 0 Å². The van der Waals surface area contributed by atoms with Crippen molar-refractivity contribution in [1.29, 1.82) is 0 Å². The monoisotopic (exact) mass is 186 g/mol. The molecule has 1 aromatic carbocycles. The highest BCUT2D eigenvalue weighted by Gasteiger charge is 2.00. The van der Waals surface area contributed by atoms with Gasteiger partial charge in [-0.15, -0.1) is 0 Å². The van der Waals surface area contributed by atoms with E-state index in [9.17, 15) is 0 Å².